The van der Waals surface area contributed by atoms with E-state index >= 15 is 0 Å². The first-order valence-electron chi connectivity index (χ1n) is 6.32. The van der Waals surface area contributed by atoms with E-state index in [4.69, 9.17) is 4.74 Å². The third-order valence-corrected chi connectivity index (χ3v) is 4.77. The minimum atomic E-state index is -0.0775. The molecule has 1 N–H and O–H groups in total. The maximum atomic E-state index is 12.0. The Kier molecular flexibility index (Phi) is 5.44. The summed E-state index contributed by atoms with van der Waals surface area (Å²) in [4.78, 5) is 12.0. The van der Waals surface area contributed by atoms with Crippen LogP contribution in [0.15, 0.2) is 30.3 Å². The quantitative estimate of drug-likeness (QED) is 0.510. The molecule has 1 heterocycles. The van der Waals surface area contributed by atoms with Gasteiger partial charge in [-0.1, -0.05) is 52.9 Å². The van der Waals surface area contributed by atoms with Crippen molar-refractivity contribution >= 4 is 28.6 Å². The van der Waals surface area contributed by atoms with Crippen LogP contribution >= 0.6 is 22.6 Å². The highest BCUT2D eigenvalue weighted by Gasteiger charge is 2.28. The largest absolute Gasteiger partial charge is 0.460 e. The van der Waals surface area contributed by atoms with Crippen LogP contribution in [0.3, 0.4) is 0 Å². The summed E-state index contributed by atoms with van der Waals surface area (Å²) < 4.78 is 5.36. The number of hydrogen-bond acceptors (Lipinski definition) is 3. The van der Waals surface area contributed by atoms with Crippen molar-refractivity contribution in [1.82, 2.24) is 5.32 Å². The second-order valence-electron chi connectivity index (χ2n) is 4.58. The summed E-state index contributed by atoms with van der Waals surface area (Å²) in [7, 11) is 0. The molecule has 18 heavy (non-hydrogen) atoms. The van der Waals surface area contributed by atoms with Gasteiger partial charge in [0.25, 0.3) is 0 Å². The first-order chi connectivity index (χ1) is 8.77. The molecular formula is C14H18INO2. The summed E-state index contributed by atoms with van der Waals surface area (Å²) in [5.74, 6) is 0.376. The standard InChI is InChI=1S/C14H18INO2/c15-13(12-6-8-16-9-7-12)14(17)18-10-11-4-2-1-3-5-11/h1-5,12-13,16H,6-10H2. The van der Waals surface area contributed by atoms with Gasteiger partial charge >= 0.3 is 5.97 Å². The van der Waals surface area contributed by atoms with Crippen molar-refractivity contribution in [3.63, 3.8) is 0 Å². The maximum absolute atomic E-state index is 12.0. The average Bonchev–Trinajstić information content (AvgIpc) is 2.46. The molecule has 1 saturated heterocycles. The van der Waals surface area contributed by atoms with Crippen LogP contribution in [0.5, 0.6) is 0 Å². The van der Waals surface area contributed by atoms with E-state index in [0.29, 0.717) is 12.5 Å². The summed E-state index contributed by atoms with van der Waals surface area (Å²) in [6.45, 7) is 2.40. The average molecular weight is 359 g/mol. The van der Waals surface area contributed by atoms with Gasteiger partial charge in [-0.15, -0.1) is 0 Å². The minimum absolute atomic E-state index is 0.0200. The normalized spacial score (nSPS) is 18.3. The zero-order valence-corrected chi connectivity index (χ0v) is 12.4. The number of hydrogen-bond donors (Lipinski definition) is 1. The smallest absolute Gasteiger partial charge is 0.319 e. The molecule has 4 heteroatoms. The molecule has 0 aliphatic carbocycles. The number of rotatable bonds is 4. The van der Waals surface area contributed by atoms with Gasteiger partial charge in [-0.3, -0.25) is 4.79 Å². The Morgan fingerprint density at radius 3 is 2.67 bits per heavy atom. The van der Waals surface area contributed by atoms with E-state index < -0.39 is 0 Å². The van der Waals surface area contributed by atoms with Crippen LogP contribution < -0.4 is 5.32 Å². The summed E-state index contributed by atoms with van der Waals surface area (Å²) in [5.41, 5.74) is 1.04. The van der Waals surface area contributed by atoms with E-state index in [1.54, 1.807) is 0 Å². The highest BCUT2D eigenvalue weighted by molar-refractivity contribution is 14.1. The highest BCUT2D eigenvalue weighted by atomic mass is 127. The summed E-state index contributed by atoms with van der Waals surface area (Å²) in [5, 5.41) is 3.31. The van der Waals surface area contributed by atoms with Crippen molar-refractivity contribution < 1.29 is 9.53 Å². The van der Waals surface area contributed by atoms with Crippen molar-refractivity contribution in [3.05, 3.63) is 35.9 Å². The molecule has 1 unspecified atom stereocenters. The fraction of sp³-hybridized carbons (Fsp3) is 0.500. The molecule has 1 fully saturated rings. The molecule has 0 spiro atoms. The van der Waals surface area contributed by atoms with Crippen LogP contribution in [-0.2, 0) is 16.1 Å². The van der Waals surface area contributed by atoms with Crippen LogP contribution in [-0.4, -0.2) is 23.0 Å². The van der Waals surface area contributed by atoms with Gasteiger partial charge in [-0.05, 0) is 37.4 Å². The lowest BCUT2D eigenvalue weighted by Crippen LogP contribution is -2.35. The van der Waals surface area contributed by atoms with Gasteiger partial charge < -0.3 is 10.1 Å². The zero-order valence-electron chi connectivity index (χ0n) is 10.3. The lowest BCUT2D eigenvalue weighted by atomic mass is 9.95. The number of benzene rings is 1. The second-order valence-corrected chi connectivity index (χ2v) is 5.92. The zero-order chi connectivity index (χ0) is 12.8. The van der Waals surface area contributed by atoms with Crippen molar-refractivity contribution in [1.29, 1.82) is 0 Å². The van der Waals surface area contributed by atoms with Crippen molar-refractivity contribution in [3.8, 4) is 0 Å². The summed E-state index contributed by atoms with van der Waals surface area (Å²) in [6.07, 6.45) is 2.13. The van der Waals surface area contributed by atoms with Gasteiger partial charge in [0.2, 0.25) is 0 Å². The lowest BCUT2D eigenvalue weighted by molar-refractivity contribution is -0.145. The third kappa shape index (κ3) is 3.95. The van der Waals surface area contributed by atoms with E-state index in [1.165, 1.54) is 0 Å². The predicted molar refractivity (Wildman–Crippen MR) is 79.6 cm³/mol. The molecule has 1 aromatic carbocycles. The number of ether oxygens (including phenoxy) is 1. The topological polar surface area (TPSA) is 38.3 Å². The van der Waals surface area contributed by atoms with E-state index in [1.807, 2.05) is 30.3 Å². The molecule has 98 valence electrons. The number of carbonyl (C=O) groups is 1. The Balaban J connectivity index is 1.80. The monoisotopic (exact) mass is 359 g/mol. The molecule has 0 saturated carbocycles. The van der Waals surface area contributed by atoms with Gasteiger partial charge in [0.1, 0.15) is 10.5 Å². The number of piperidine rings is 1. The minimum Gasteiger partial charge on any atom is -0.460 e. The molecule has 1 atom stereocenters. The van der Waals surface area contributed by atoms with Crippen LogP contribution in [0.1, 0.15) is 18.4 Å². The van der Waals surface area contributed by atoms with Crippen LogP contribution in [0.4, 0.5) is 0 Å². The van der Waals surface area contributed by atoms with Crippen LogP contribution in [0.2, 0.25) is 0 Å². The first kappa shape index (κ1) is 13.8. The molecule has 0 amide bonds. The first-order valence-corrected chi connectivity index (χ1v) is 7.57. The molecule has 0 aromatic heterocycles. The van der Waals surface area contributed by atoms with Gasteiger partial charge in [0, 0.05) is 0 Å². The number of esters is 1. The fourth-order valence-corrected chi connectivity index (χ4v) is 3.04. The summed E-state index contributed by atoms with van der Waals surface area (Å²) in [6, 6.07) is 9.82. The van der Waals surface area contributed by atoms with Crippen molar-refractivity contribution in [2.24, 2.45) is 5.92 Å². The Bertz CT molecular complexity index is 377. The molecule has 2 rings (SSSR count). The molecule has 1 aliphatic heterocycles. The van der Waals surface area contributed by atoms with Crippen molar-refractivity contribution in [2.45, 2.75) is 23.4 Å². The van der Waals surface area contributed by atoms with Gasteiger partial charge in [0.15, 0.2) is 0 Å². The van der Waals surface area contributed by atoms with Crippen molar-refractivity contribution in [2.75, 3.05) is 13.1 Å². The molecular weight excluding hydrogens is 341 g/mol. The Morgan fingerprint density at radius 1 is 1.33 bits per heavy atom. The number of alkyl halides is 1. The third-order valence-electron chi connectivity index (χ3n) is 3.25. The number of nitrogens with one attached hydrogen (secondary N) is 1. The second kappa shape index (κ2) is 7.09. The van der Waals surface area contributed by atoms with Gasteiger partial charge in [-0.2, -0.15) is 0 Å². The molecule has 0 bridgehead atoms. The Labute approximate surface area is 121 Å². The van der Waals surface area contributed by atoms with E-state index in [0.717, 1.165) is 31.5 Å². The number of carbonyl (C=O) groups excluding carboxylic acids is 1. The molecule has 1 aromatic rings. The molecule has 3 nitrogen and oxygen atoms in total. The lowest BCUT2D eigenvalue weighted by Gasteiger charge is -2.25. The fourth-order valence-electron chi connectivity index (χ4n) is 2.14. The number of halogens is 1. The van der Waals surface area contributed by atoms with Gasteiger partial charge in [0.05, 0.1) is 0 Å². The van der Waals surface area contributed by atoms with E-state index in [2.05, 4.69) is 27.9 Å². The Hall–Kier alpha value is -0.620. The van der Waals surface area contributed by atoms with E-state index in [-0.39, 0.29) is 9.89 Å². The van der Waals surface area contributed by atoms with Crippen LogP contribution in [0, 0.1) is 5.92 Å². The highest BCUT2D eigenvalue weighted by Crippen LogP contribution is 2.24. The SMILES string of the molecule is O=C(OCc1ccccc1)C(I)C1CCNCC1. The Morgan fingerprint density at radius 2 is 2.00 bits per heavy atom. The maximum Gasteiger partial charge on any atom is 0.319 e. The summed E-state index contributed by atoms with van der Waals surface area (Å²) >= 11 is 2.23. The van der Waals surface area contributed by atoms with Crippen LogP contribution in [0.25, 0.3) is 0 Å². The van der Waals surface area contributed by atoms with Gasteiger partial charge in [-0.25, -0.2) is 0 Å². The van der Waals surface area contributed by atoms with E-state index in [9.17, 15) is 4.79 Å². The molecule has 1 aliphatic rings. The molecule has 0 radical (unpaired) electrons. The predicted octanol–water partition coefficient (Wildman–Crippen LogP) is 2.53.